The molecule has 0 radical (unpaired) electrons. The highest BCUT2D eigenvalue weighted by atomic mass is 16.3. The van der Waals surface area contributed by atoms with E-state index < -0.39 is 0 Å². The summed E-state index contributed by atoms with van der Waals surface area (Å²) < 4.78 is 4.95. The monoisotopic (exact) mass is 150 g/mol. The molecule has 0 aliphatic rings. The van der Waals surface area contributed by atoms with Crippen LogP contribution in [0.4, 0.5) is 0 Å². The average molecular weight is 150 g/mol. The summed E-state index contributed by atoms with van der Waals surface area (Å²) in [7, 11) is 0. The lowest BCUT2D eigenvalue weighted by Gasteiger charge is -1.90. The van der Waals surface area contributed by atoms with E-state index in [0.717, 1.165) is 0 Å². The molecule has 0 saturated heterocycles. The minimum atomic E-state index is 0.257. The summed E-state index contributed by atoms with van der Waals surface area (Å²) in [6.07, 6.45) is 0.578. The summed E-state index contributed by atoms with van der Waals surface area (Å²) in [6.45, 7) is 0.325. The van der Waals surface area contributed by atoms with Crippen molar-refractivity contribution in [2.45, 2.75) is 6.54 Å². The molecule has 0 aliphatic carbocycles. The zero-order valence-electron chi connectivity index (χ0n) is 5.70. The zero-order valence-corrected chi connectivity index (χ0v) is 5.70. The maximum Gasteiger partial charge on any atom is 0.207 e. The van der Waals surface area contributed by atoms with Gasteiger partial charge in [0, 0.05) is 0 Å². The standard InChI is InChI=1S/C7H6N2O2/c8-3-6-1-2-7(11-6)4-9-5-10/h1-2,5H,4H2,(H,9,10). The molecule has 1 rings (SSSR count). The Morgan fingerprint density at radius 2 is 2.55 bits per heavy atom. The number of hydrogen-bond acceptors (Lipinski definition) is 3. The molecule has 56 valence electrons. The van der Waals surface area contributed by atoms with Crippen LogP contribution in [0.15, 0.2) is 16.5 Å². The van der Waals surface area contributed by atoms with Gasteiger partial charge in [0.25, 0.3) is 0 Å². The van der Waals surface area contributed by atoms with Crippen molar-refractivity contribution < 1.29 is 9.21 Å². The van der Waals surface area contributed by atoms with E-state index in [1.54, 1.807) is 12.1 Å². The van der Waals surface area contributed by atoms with Crippen LogP contribution in [-0.2, 0) is 11.3 Å². The van der Waals surface area contributed by atoms with Gasteiger partial charge >= 0.3 is 0 Å². The lowest BCUT2D eigenvalue weighted by Crippen LogP contribution is -2.08. The summed E-state index contributed by atoms with van der Waals surface area (Å²) in [4.78, 5) is 9.84. The SMILES string of the molecule is N#Cc1ccc(CNC=O)o1. The van der Waals surface area contributed by atoms with Crippen molar-refractivity contribution in [3.05, 3.63) is 23.7 Å². The minimum absolute atomic E-state index is 0.257. The molecule has 1 N–H and O–H groups in total. The van der Waals surface area contributed by atoms with Crippen LogP contribution in [0.3, 0.4) is 0 Å². The van der Waals surface area contributed by atoms with Crippen LogP contribution >= 0.6 is 0 Å². The molecule has 1 amide bonds. The number of nitrogens with one attached hydrogen (secondary N) is 1. The van der Waals surface area contributed by atoms with Crippen LogP contribution in [0, 0.1) is 11.3 Å². The smallest absolute Gasteiger partial charge is 0.207 e. The quantitative estimate of drug-likeness (QED) is 0.634. The third-order valence-electron chi connectivity index (χ3n) is 1.13. The maximum absolute atomic E-state index is 9.84. The Morgan fingerprint density at radius 3 is 3.09 bits per heavy atom. The van der Waals surface area contributed by atoms with Crippen LogP contribution in [0.2, 0.25) is 0 Å². The number of carbonyl (C=O) groups excluding carboxylic acids is 1. The molecule has 4 heteroatoms. The van der Waals surface area contributed by atoms with Crippen LogP contribution in [0.5, 0.6) is 0 Å². The van der Waals surface area contributed by atoms with Crippen molar-refractivity contribution in [2.24, 2.45) is 0 Å². The molecule has 0 aromatic carbocycles. The number of furan rings is 1. The number of rotatable bonds is 3. The first-order valence-corrected chi connectivity index (χ1v) is 3.02. The van der Waals surface area contributed by atoms with E-state index in [0.29, 0.717) is 18.7 Å². The van der Waals surface area contributed by atoms with Gasteiger partial charge in [-0.3, -0.25) is 4.79 Å². The van der Waals surface area contributed by atoms with E-state index in [4.69, 9.17) is 9.68 Å². The molecular formula is C7H6N2O2. The lowest BCUT2D eigenvalue weighted by molar-refractivity contribution is -0.109. The van der Waals surface area contributed by atoms with Gasteiger partial charge in [-0.15, -0.1) is 0 Å². The Kier molecular flexibility index (Phi) is 2.28. The first-order valence-electron chi connectivity index (χ1n) is 3.02. The number of carbonyl (C=O) groups is 1. The van der Waals surface area contributed by atoms with Gasteiger partial charge in [0.05, 0.1) is 6.54 Å². The van der Waals surface area contributed by atoms with Gasteiger partial charge in [0.1, 0.15) is 11.8 Å². The largest absolute Gasteiger partial charge is 0.449 e. The number of nitrogens with zero attached hydrogens (tertiary/aromatic N) is 1. The van der Waals surface area contributed by atoms with Crippen molar-refractivity contribution in [1.29, 1.82) is 5.26 Å². The number of amides is 1. The maximum atomic E-state index is 9.84. The topological polar surface area (TPSA) is 66.0 Å². The van der Waals surface area contributed by atoms with Crippen molar-refractivity contribution in [2.75, 3.05) is 0 Å². The third kappa shape index (κ3) is 1.83. The summed E-state index contributed by atoms with van der Waals surface area (Å²) in [6, 6.07) is 5.05. The molecule has 0 aliphatic heterocycles. The van der Waals surface area contributed by atoms with Crippen LogP contribution in [0.1, 0.15) is 11.5 Å². The Bertz CT molecular complexity index is 285. The molecule has 1 aromatic heterocycles. The third-order valence-corrected chi connectivity index (χ3v) is 1.13. The van der Waals surface area contributed by atoms with Crippen LogP contribution < -0.4 is 5.32 Å². The van der Waals surface area contributed by atoms with E-state index in [9.17, 15) is 4.79 Å². The molecule has 0 unspecified atom stereocenters. The second-order valence-electron chi connectivity index (χ2n) is 1.88. The fourth-order valence-electron chi connectivity index (χ4n) is 0.675. The van der Waals surface area contributed by atoms with Crippen molar-refractivity contribution in [3.63, 3.8) is 0 Å². The molecule has 4 nitrogen and oxygen atoms in total. The fraction of sp³-hybridized carbons (Fsp3) is 0.143. The molecule has 0 atom stereocenters. The molecular weight excluding hydrogens is 144 g/mol. The zero-order chi connectivity index (χ0) is 8.10. The number of hydrogen-bond donors (Lipinski definition) is 1. The average Bonchev–Trinajstić information content (AvgIpc) is 2.48. The van der Waals surface area contributed by atoms with E-state index in [1.807, 2.05) is 6.07 Å². The van der Waals surface area contributed by atoms with Crippen LogP contribution in [-0.4, -0.2) is 6.41 Å². The van der Waals surface area contributed by atoms with E-state index in [-0.39, 0.29) is 5.76 Å². The summed E-state index contributed by atoms with van der Waals surface area (Å²) in [5, 5.41) is 10.8. The minimum Gasteiger partial charge on any atom is -0.449 e. The molecule has 0 spiro atoms. The van der Waals surface area contributed by atoms with Gasteiger partial charge in [-0.25, -0.2) is 0 Å². The molecule has 0 saturated carbocycles. The summed E-state index contributed by atoms with van der Waals surface area (Å²) in [5.41, 5.74) is 0. The highest BCUT2D eigenvalue weighted by Crippen LogP contribution is 2.04. The summed E-state index contributed by atoms with van der Waals surface area (Å²) in [5.74, 6) is 0.835. The fourth-order valence-corrected chi connectivity index (χ4v) is 0.675. The Balaban J connectivity index is 2.59. The normalized spacial score (nSPS) is 8.64. The summed E-state index contributed by atoms with van der Waals surface area (Å²) >= 11 is 0. The van der Waals surface area contributed by atoms with Gasteiger partial charge < -0.3 is 9.73 Å². The highest BCUT2D eigenvalue weighted by molar-refractivity contribution is 5.45. The van der Waals surface area contributed by atoms with Crippen molar-refractivity contribution >= 4 is 6.41 Å². The van der Waals surface area contributed by atoms with Crippen LogP contribution in [0.25, 0.3) is 0 Å². The van der Waals surface area contributed by atoms with Gasteiger partial charge in [-0.1, -0.05) is 0 Å². The molecule has 0 fully saturated rings. The first-order chi connectivity index (χ1) is 5.36. The number of nitriles is 1. The highest BCUT2D eigenvalue weighted by Gasteiger charge is 1.98. The van der Waals surface area contributed by atoms with Gasteiger partial charge in [0.2, 0.25) is 12.2 Å². The van der Waals surface area contributed by atoms with E-state index >= 15 is 0 Å². The second kappa shape index (κ2) is 3.42. The second-order valence-corrected chi connectivity index (χ2v) is 1.88. The Labute approximate surface area is 63.4 Å². The van der Waals surface area contributed by atoms with Crippen molar-refractivity contribution in [3.8, 4) is 6.07 Å². The molecule has 1 aromatic rings. The van der Waals surface area contributed by atoms with Gasteiger partial charge in [0.15, 0.2) is 0 Å². The van der Waals surface area contributed by atoms with E-state index in [2.05, 4.69) is 5.32 Å². The van der Waals surface area contributed by atoms with Gasteiger partial charge in [-0.05, 0) is 12.1 Å². The predicted octanol–water partition coefficient (Wildman–Crippen LogP) is 0.397. The Hall–Kier alpha value is -1.76. The Morgan fingerprint density at radius 1 is 1.73 bits per heavy atom. The van der Waals surface area contributed by atoms with E-state index in [1.165, 1.54) is 0 Å². The first kappa shape index (κ1) is 7.35. The lowest BCUT2D eigenvalue weighted by atomic mass is 10.4. The molecule has 11 heavy (non-hydrogen) atoms. The van der Waals surface area contributed by atoms with Crippen molar-refractivity contribution in [1.82, 2.24) is 5.32 Å². The molecule has 0 bridgehead atoms. The van der Waals surface area contributed by atoms with Gasteiger partial charge in [-0.2, -0.15) is 5.26 Å². The molecule has 1 heterocycles. The predicted molar refractivity (Wildman–Crippen MR) is 36.3 cm³/mol.